The van der Waals surface area contributed by atoms with Gasteiger partial charge < -0.3 is 9.63 Å². The van der Waals surface area contributed by atoms with Gasteiger partial charge in [-0.05, 0) is 12.2 Å². The molecule has 1 aliphatic rings. The van der Waals surface area contributed by atoms with E-state index in [2.05, 4.69) is 12.1 Å². The van der Waals surface area contributed by atoms with Gasteiger partial charge in [-0.2, -0.15) is 11.8 Å². The molecular formula is C9H11NO3S. The smallest absolute Gasteiger partial charge is 0.358 e. The van der Waals surface area contributed by atoms with Crippen molar-refractivity contribution in [1.29, 1.82) is 0 Å². The van der Waals surface area contributed by atoms with Crippen LogP contribution in [-0.4, -0.2) is 27.7 Å². The quantitative estimate of drug-likeness (QED) is 0.811. The molecule has 5 heteroatoms. The highest BCUT2D eigenvalue weighted by Gasteiger charge is 2.35. The van der Waals surface area contributed by atoms with E-state index in [4.69, 9.17) is 9.63 Å². The number of carbonyl (C=O) groups is 1. The molecular weight excluding hydrogens is 202 g/mol. The van der Waals surface area contributed by atoms with Crippen LogP contribution in [0.25, 0.3) is 0 Å². The second-order valence-corrected chi connectivity index (χ2v) is 4.85. The monoisotopic (exact) mass is 213 g/mol. The number of hydrogen-bond donors (Lipinski definition) is 1. The molecule has 1 aromatic rings. The van der Waals surface area contributed by atoms with Crippen molar-refractivity contribution in [2.24, 2.45) is 0 Å². The molecule has 76 valence electrons. The molecule has 0 amide bonds. The zero-order valence-corrected chi connectivity index (χ0v) is 8.63. The van der Waals surface area contributed by atoms with Crippen LogP contribution in [0.2, 0.25) is 0 Å². The third kappa shape index (κ3) is 1.52. The van der Waals surface area contributed by atoms with E-state index in [0.29, 0.717) is 5.76 Å². The fourth-order valence-electron chi connectivity index (χ4n) is 1.52. The van der Waals surface area contributed by atoms with Crippen LogP contribution in [-0.2, 0) is 5.41 Å². The van der Waals surface area contributed by atoms with Gasteiger partial charge in [0, 0.05) is 17.2 Å². The van der Waals surface area contributed by atoms with Crippen molar-refractivity contribution in [1.82, 2.24) is 5.16 Å². The Morgan fingerprint density at radius 2 is 2.57 bits per heavy atom. The number of rotatable bonds is 2. The number of carboxylic acid groups (broad SMARTS) is 1. The van der Waals surface area contributed by atoms with Crippen molar-refractivity contribution in [3.8, 4) is 0 Å². The number of hydrogen-bond acceptors (Lipinski definition) is 4. The van der Waals surface area contributed by atoms with E-state index < -0.39 is 5.97 Å². The average molecular weight is 213 g/mol. The number of aromatic carboxylic acids is 1. The Kier molecular flexibility index (Phi) is 2.26. The first-order chi connectivity index (χ1) is 6.62. The summed E-state index contributed by atoms with van der Waals surface area (Å²) in [6.45, 7) is 2.08. The summed E-state index contributed by atoms with van der Waals surface area (Å²) in [6, 6.07) is 1.54. The molecule has 0 saturated carbocycles. The summed E-state index contributed by atoms with van der Waals surface area (Å²) in [7, 11) is 0. The van der Waals surface area contributed by atoms with Crippen LogP contribution < -0.4 is 0 Å². The lowest BCUT2D eigenvalue weighted by atomic mass is 9.87. The van der Waals surface area contributed by atoms with Gasteiger partial charge in [0.05, 0.1) is 0 Å². The first-order valence-electron chi connectivity index (χ1n) is 4.40. The molecule has 0 aliphatic carbocycles. The van der Waals surface area contributed by atoms with Crippen LogP contribution in [0.15, 0.2) is 10.6 Å². The van der Waals surface area contributed by atoms with E-state index in [9.17, 15) is 4.79 Å². The van der Waals surface area contributed by atoms with Crippen molar-refractivity contribution in [2.45, 2.75) is 18.8 Å². The molecule has 0 bridgehead atoms. The lowest BCUT2D eigenvalue weighted by Gasteiger charge is -2.17. The fourth-order valence-corrected chi connectivity index (χ4v) is 3.00. The van der Waals surface area contributed by atoms with Crippen LogP contribution in [0, 0.1) is 0 Å². The Labute approximate surface area is 85.7 Å². The molecule has 2 heterocycles. The summed E-state index contributed by atoms with van der Waals surface area (Å²) in [5, 5.41) is 12.2. The van der Waals surface area contributed by atoms with E-state index >= 15 is 0 Å². The van der Waals surface area contributed by atoms with E-state index in [1.54, 1.807) is 0 Å². The van der Waals surface area contributed by atoms with Crippen LogP contribution in [0.3, 0.4) is 0 Å². The van der Waals surface area contributed by atoms with E-state index in [1.807, 2.05) is 11.8 Å². The third-order valence-electron chi connectivity index (χ3n) is 2.54. The Bertz CT molecular complexity index is 355. The second kappa shape index (κ2) is 3.31. The molecule has 4 nitrogen and oxygen atoms in total. The predicted octanol–water partition coefficient (Wildman–Crippen LogP) is 1.77. The molecule has 0 radical (unpaired) electrons. The Balaban J connectivity index is 2.28. The summed E-state index contributed by atoms with van der Waals surface area (Å²) >= 11 is 1.86. The largest absolute Gasteiger partial charge is 0.476 e. The molecule has 1 aliphatic heterocycles. The highest BCUT2D eigenvalue weighted by Crippen LogP contribution is 2.38. The number of carboxylic acids is 1. The standard InChI is InChI=1S/C9H11NO3S/c1-9(2-3-14-5-9)7-4-6(8(11)12)10-13-7/h4H,2-3,5H2,1H3,(H,11,12). The minimum atomic E-state index is -1.03. The SMILES string of the molecule is CC1(c2cc(C(=O)O)no2)CCSC1. The minimum absolute atomic E-state index is 0.00174. The second-order valence-electron chi connectivity index (χ2n) is 3.74. The molecule has 1 saturated heterocycles. The molecule has 2 rings (SSSR count). The first kappa shape index (κ1) is 9.58. The van der Waals surface area contributed by atoms with Crippen LogP contribution in [0.4, 0.5) is 0 Å². The van der Waals surface area contributed by atoms with Gasteiger partial charge in [0.1, 0.15) is 5.76 Å². The molecule has 1 aromatic heterocycles. The third-order valence-corrected chi connectivity index (χ3v) is 3.88. The van der Waals surface area contributed by atoms with Crippen molar-refractivity contribution in [3.63, 3.8) is 0 Å². The zero-order valence-electron chi connectivity index (χ0n) is 7.82. The van der Waals surface area contributed by atoms with Crippen molar-refractivity contribution in [2.75, 3.05) is 11.5 Å². The summed E-state index contributed by atoms with van der Waals surface area (Å²) in [6.07, 6.45) is 1.02. The molecule has 1 atom stereocenters. The summed E-state index contributed by atoms with van der Waals surface area (Å²) in [5.74, 6) is 1.73. The van der Waals surface area contributed by atoms with Gasteiger partial charge in [-0.15, -0.1) is 0 Å². The molecule has 1 N–H and O–H groups in total. The first-order valence-corrected chi connectivity index (χ1v) is 5.55. The zero-order chi connectivity index (χ0) is 10.2. The maximum Gasteiger partial charge on any atom is 0.358 e. The molecule has 1 unspecified atom stereocenters. The lowest BCUT2D eigenvalue weighted by Crippen LogP contribution is -2.19. The lowest BCUT2D eigenvalue weighted by molar-refractivity contribution is 0.0685. The fraction of sp³-hybridized carbons (Fsp3) is 0.556. The molecule has 0 aromatic carbocycles. The number of aromatic nitrogens is 1. The van der Waals surface area contributed by atoms with Gasteiger partial charge in [-0.3, -0.25) is 0 Å². The topological polar surface area (TPSA) is 63.3 Å². The highest BCUT2D eigenvalue weighted by molar-refractivity contribution is 7.99. The molecule has 0 spiro atoms. The van der Waals surface area contributed by atoms with Gasteiger partial charge in [-0.25, -0.2) is 4.79 Å². The normalized spacial score (nSPS) is 26.6. The van der Waals surface area contributed by atoms with E-state index in [-0.39, 0.29) is 11.1 Å². The van der Waals surface area contributed by atoms with Crippen molar-refractivity contribution < 1.29 is 14.4 Å². The Hall–Kier alpha value is -0.970. The van der Waals surface area contributed by atoms with Gasteiger partial charge in [0.25, 0.3) is 0 Å². The van der Waals surface area contributed by atoms with Gasteiger partial charge >= 0.3 is 5.97 Å². The maximum atomic E-state index is 10.6. The molecule has 1 fully saturated rings. The van der Waals surface area contributed by atoms with Crippen LogP contribution in [0.5, 0.6) is 0 Å². The van der Waals surface area contributed by atoms with Gasteiger partial charge in [0.15, 0.2) is 5.69 Å². The van der Waals surface area contributed by atoms with Crippen LogP contribution >= 0.6 is 11.8 Å². The summed E-state index contributed by atoms with van der Waals surface area (Å²) in [4.78, 5) is 10.6. The predicted molar refractivity (Wildman–Crippen MR) is 52.8 cm³/mol. The van der Waals surface area contributed by atoms with Crippen molar-refractivity contribution >= 4 is 17.7 Å². The average Bonchev–Trinajstić information content (AvgIpc) is 2.71. The van der Waals surface area contributed by atoms with E-state index in [0.717, 1.165) is 17.9 Å². The minimum Gasteiger partial charge on any atom is -0.476 e. The number of nitrogens with zero attached hydrogens (tertiary/aromatic N) is 1. The van der Waals surface area contributed by atoms with Crippen LogP contribution in [0.1, 0.15) is 29.6 Å². The Morgan fingerprint density at radius 1 is 1.79 bits per heavy atom. The summed E-state index contributed by atoms with van der Waals surface area (Å²) in [5.41, 5.74) is -0.0381. The summed E-state index contributed by atoms with van der Waals surface area (Å²) < 4.78 is 5.07. The molecule has 14 heavy (non-hydrogen) atoms. The maximum absolute atomic E-state index is 10.6. The van der Waals surface area contributed by atoms with Gasteiger partial charge in [-0.1, -0.05) is 12.1 Å². The van der Waals surface area contributed by atoms with Gasteiger partial charge in [0.2, 0.25) is 0 Å². The van der Waals surface area contributed by atoms with E-state index in [1.165, 1.54) is 6.07 Å². The number of thioether (sulfide) groups is 1. The Morgan fingerprint density at radius 3 is 3.07 bits per heavy atom. The highest BCUT2D eigenvalue weighted by atomic mass is 32.2. The van der Waals surface area contributed by atoms with Crippen molar-refractivity contribution in [3.05, 3.63) is 17.5 Å².